The van der Waals surface area contributed by atoms with Crippen molar-refractivity contribution in [3.63, 3.8) is 0 Å². The van der Waals surface area contributed by atoms with Crippen molar-refractivity contribution in [2.75, 3.05) is 0 Å². The molecule has 20 heavy (non-hydrogen) atoms. The van der Waals surface area contributed by atoms with Crippen LogP contribution in [0.5, 0.6) is 0 Å². The highest BCUT2D eigenvalue weighted by atomic mass is 14.9. The van der Waals surface area contributed by atoms with Gasteiger partial charge in [-0.1, -0.05) is 24.3 Å². The molecule has 5 aliphatic rings. The first-order valence-corrected chi connectivity index (χ1v) is 6.91. The molecule has 0 N–H and O–H groups in total. The van der Waals surface area contributed by atoms with Gasteiger partial charge in [-0.15, -0.1) is 0 Å². The number of dihydropyridines is 2. The van der Waals surface area contributed by atoms with Crippen molar-refractivity contribution in [1.82, 2.24) is 0 Å². The smallest absolute Gasteiger partial charge is 0.0992 e. The normalized spacial score (nSPS) is 31.2. The van der Waals surface area contributed by atoms with E-state index in [4.69, 9.17) is 9.98 Å². The van der Waals surface area contributed by atoms with Crippen LogP contribution in [-0.2, 0) is 0 Å². The predicted molar refractivity (Wildman–Crippen MR) is 82.2 cm³/mol. The van der Waals surface area contributed by atoms with Crippen molar-refractivity contribution in [1.29, 1.82) is 0 Å². The van der Waals surface area contributed by atoms with E-state index >= 15 is 0 Å². The van der Waals surface area contributed by atoms with Crippen LogP contribution in [-0.4, -0.2) is 24.5 Å². The van der Waals surface area contributed by atoms with Crippen LogP contribution in [0.25, 0.3) is 0 Å². The summed E-state index contributed by atoms with van der Waals surface area (Å²) in [5.74, 6) is 0. The minimum Gasteiger partial charge on any atom is -0.281 e. The molecule has 2 unspecified atom stereocenters. The summed E-state index contributed by atoms with van der Waals surface area (Å²) >= 11 is 0. The minimum absolute atomic E-state index is 0.131. The first kappa shape index (κ1) is 10.3. The lowest BCUT2D eigenvalue weighted by Crippen LogP contribution is -2.31. The molecular formula is C18H12N2. The van der Waals surface area contributed by atoms with Gasteiger partial charge in [-0.05, 0) is 57.7 Å². The average Bonchev–Trinajstić information content (AvgIpc) is 2.90. The summed E-state index contributed by atoms with van der Waals surface area (Å²) in [4.78, 5) is 9.41. The van der Waals surface area contributed by atoms with E-state index < -0.39 is 0 Å². The van der Waals surface area contributed by atoms with Crippen LogP contribution in [0.4, 0.5) is 0 Å². The third-order valence-electron chi connectivity index (χ3n) is 4.39. The van der Waals surface area contributed by atoms with Gasteiger partial charge in [-0.25, -0.2) is 0 Å². The van der Waals surface area contributed by atoms with Crippen LogP contribution in [0, 0.1) is 0 Å². The average molecular weight is 256 g/mol. The molecule has 0 saturated heterocycles. The predicted octanol–water partition coefficient (Wildman–Crippen LogP) is 3.05. The van der Waals surface area contributed by atoms with Gasteiger partial charge in [0.2, 0.25) is 0 Å². The van der Waals surface area contributed by atoms with Gasteiger partial charge in [0.1, 0.15) is 0 Å². The fourth-order valence-corrected chi connectivity index (χ4v) is 3.58. The topological polar surface area (TPSA) is 24.7 Å². The van der Waals surface area contributed by atoms with Crippen molar-refractivity contribution >= 4 is 12.4 Å². The second-order valence-corrected chi connectivity index (χ2v) is 5.48. The Balaban J connectivity index is 1.78. The number of nitrogens with zero attached hydrogens (tertiary/aromatic N) is 2. The molecular weight excluding hydrogens is 244 g/mol. The molecule has 2 aliphatic heterocycles. The second-order valence-electron chi connectivity index (χ2n) is 5.48. The molecule has 94 valence electrons. The van der Waals surface area contributed by atoms with Crippen LogP contribution in [0.3, 0.4) is 0 Å². The van der Waals surface area contributed by atoms with Crippen LogP contribution in [0.15, 0.2) is 92.0 Å². The summed E-state index contributed by atoms with van der Waals surface area (Å²) in [6.45, 7) is 0. The van der Waals surface area contributed by atoms with Crippen molar-refractivity contribution in [2.24, 2.45) is 9.98 Å². The second kappa shape index (κ2) is 3.54. The highest BCUT2D eigenvalue weighted by Crippen LogP contribution is 2.46. The maximum atomic E-state index is 4.71. The van der Waals surface area contributed by atoms with Gasteiger partial charge in [0.25, 0.3) is 0 Å². The molecule has 0 amide bonds. The zero-order valence-electron chi connectivity index (χ0n) is 10.8. The van der Waals surface area contributed by atoms with Gasteiger partial charge in [0, 0.05) is 12.4 Å². The molecule has 0 radical (unpaired) electrons. The number of rotatable bonds is 0. The molecule has 2 heterocycles. The lowest BCUT2D eigenvalue weighted by atomic mass is 9.74. The third-order valence-corrected chi connectivity index (χ3v) is 4.39. The summed E-state index contributed by atoms with van der Waals surface area (Å²) in [5.41, 5.74) is 7.87. The Morgan fingerprint density at radius 2 is 1.30 bits per heavy atom. The third kappa shape index (κ3) is 1.19. The summed E-state index contributed by atoms with van der Waals surface area (Å²) in [7, 11) is 0. The minimum atomic E-state index is 0.131. The van der Waals surface area contributed by atoms with Gasteiger partial charge in [-0.3, -0.25) is 9.98 Å². The van der Waals surface area contributed by atoms with E-state index in [0.717, 1.165) is 0 Å². The zero-order valence-corrected chi connectivity index (χ0v) is 10.8. The van der Waals surface area contributed by atoms with Gasteiger partial charge in [0.05, 0.1) is 12.1 Å². The Bertz CT molecular complexity index is 738. The van der Waals surface area contributed by atoms with E-state index in [1.165, 1.54) is 33.4 Å². The molecule has 2 heteroatoms. The lowest BCUT2D eigenvalue weighted by molar-refractivity contribution is 0.763. The largest absolute Gasteiger partial charge is 0.281 e. The SMILES string of the molecule is C1=CC2=CC3=CC=C4C=C5C=CC=NC5C(=C34)C2N=C1. The molecule has 0 aromatic heterocycles. The monoisotopic (exact) mass is 256 g/mol. The van der Waals surface area contributed by atoms with E-state index in [2.05, 4.69) is 36.5 Å². The Labute approximate surface area is 117 Å². The highest BCUT2D eigenvalue weighted by molar-refractivity contribution is 5.83. The summed E-state index contributed by atoms with van der Waals surface area (Å²) < 4.78 is 0. The van der Waals surface area contributed by atoms with E-state index in [-0.39, 0.29) is 12.1 Å². The van der Waals surface area contributed by atoms with E-state index in [1.807, 2.05) is 24.6 Å². The van der Waals surface area contributed by atoms with Crippen molar-refractivity contribution in [3.8, 4) is 0 Å². The first-order valence-electron chi connectivity index (χ1n) is 6.91. The van der Waals surface area contributed by atoms with Crippen molar-refractivity contribution in [3.05, 3.63) is 82.0 Å². The summed E-state index contributed by atoms with van der Waals surface area (Å²) in [6, 6.07) is 0.261. The van der Waals surface area contributed by atoms with Crippen LogP contribution in [0.2, 0.25) is 0 Å². The molecule has 0 fully saturated rings. The van der Waals surface area contributed by atoms with Gasteiger partial charge < -0.3 is 0 Å². The summed E-state index contributed by atoms with van der Waals surface area (Å²) in [6.07, 6.45) is 21.1. The number of hydrogen-bond acceptors (Lipinski definition) is 2. The van der Waals surface area contributed by atoms with Crippen molar-refractivity contribution in [2.45, 2.75) is 12.1 Å². The van der Waals surface area contributed by atoms with Crippen molar-refractivity contribution < 1.29 is 0 Å². The first-order chi connectivity index (χ1) is 9.92. The molecule has 0 spiro atoms. The highest BCUT2D eigenvalue weighted by Gasteiger charge is 2.38. The Hall–Kier alpha value is -2.48. The summed E-state index contributed by atoms with van der Waals surface area (Å²) in [5, 5.41) is 0. The zero-order chi connectivity index (χ0) is 13.1. The van der Waals surface area contributed by atoms with Gasteiger partial charge in [0.15, 0.2) is 0 Å². The van der Waals surface area contributed by atoms with E-state index in [1.54, 1.807) is 0 Å². The number of aliphatic imine (C=N–C) groups is 2. The number of allylic oxidation sites excluding steroid dienone is 9. The molecule has 0 aromatic rings. The molecule has 2 atom stereocenters. The fraction of sp³-hybridized carbons (Fsp3) is 0.111. The van der Waals surface area contributed by atoms with Crippen LogP contribution < -0.4 is 0 Å². The number of fused-ring (bicyclic) bond motifs is 4. The van der Waals surface area contributed by atoms with Gasteiger partial charge >= 0.3 is 0 Å². The molecule has 5 rings (SSSR count). The molecule has 0 aromatic carbocycles. The van der Waals surface area contributed by atoms with E-state index in [9.17, 15) is 0 Å². The van der Waals surface area contributed by atoms with Crippen LogP contribution in [0.1, 0.15) is 0 Å². The quantitative estimate of drug-likeness (QED) is 0.636. The Kier molecular flexibility index (Phi) is 1.83. The maximum absolute atomic E-state index is 4.71. The molecule has 3 aliphatic carbocycles. The van der Waals surface area contributed by atoms with Gasteiger partial charge in [-0.2, -0.15) is 0 Å². The van der Waals surface area contributed by atoms with E-state index in [0.29, 0.717) is 0 Å². The molecule has 0 bridgehead atoms. The molecule has 0 saturated carbocycles. The lowest BCUT2D eigenvalue weighted by Gasteiger charge is -2.35. The Morgan fingerprint density at radius 1 is 0.750 bits per heavy atom. The molecule has 2 nitrogen and oxygen atoms in total. The maximum Gasteiger partial charge on any atom is 0.0992 e. The standard InChI is InChI=1S/C18H12N2/c1-3-13-9-11-5-6-12-10-14-4-2-8-20-18(14)16(15(11)12)17(13)19-7-1/h1-10,17-18H. The van der Waals surface area contributed by atoms with Crippen LogP contribution >= 0.6 is 0 Å². The Morgan fingerprint density at radius 3 is 1.85 bits per heavy atom. The fourth-order valence-electron chi connectivity index (χ4n) is 3.58. The number of hydrogen-bond donors (Lipinski definition) is 0.